The molecule has 2 aromatic heterocycles. The highest BCUT2D eigenvalue weighted by Gasteiger charge is 2.16. The summed E-state index contributed by atoms with van der Waals surface area (Å²) >= 11 is 0. The fourth-order valence-electron chi connectivity index (χ4n) is 2.07. The van der Waals surface area contributed by atoms with Gasteiger partial charge in [-0.15, -0.1) is 0 Å². The third-order valence-electron chi connectivity index (χ3n) is 2.81. The van der Waals surface area contributed by atoms with E-state index >= 15 is 0 Å². The Morgan fingerprint density at radius 1 is 1.29 bits per heavy atom. The molecular weight excluding hydrogens is 218 g/mol. The number of nitrogens with one attached hydrogen (secondary N) is 1. The van der Waals surface area contributed by atoms with Gasteiger partial charge in [-0.05, 0) is 26.0 Å². The topological polar surface area (TPSA) is 63.8 Å². The van der Waals surface area contributed by atoms with Crippen molar-refractivity contribution in [3.05, 3.63) is 46.2 Å². The van der Waals surface area contributed by atoms with E-state index in [2.05, 4.69) is 10.1 Å². The van der Waals surface area contributed by atoms with Gasteiger partial charge in [-0.2, -0.15) is 0 Å². The van der Waals surface area contributed by atoms with Crippen molar-refractivity contribution in [2.75, 3.05) is 0 Å². The summed E-state index contributed by atoms with van der Waals surface area (Å²) in [4.78, 5) is 14.8. The first-order chi connectivity index (χ1) is 8.18. The van der Waals surface area contributed by atoms with E-state index in [1.54, 1.807) is 11.5 Å². The van der Waals surface area contributed by atoms with Crippen molar-refractivity contribution in [3.63, 3.8) is 0 Å². The number of rotatable bonds is 1. The fourth-order valence-corrected chi connectivity index (χ4v) is 2.07. The number of aromatic nitrogens is 3. The van der Waals surface area contributed by atoms with Crippen molar-refractivity contribution < 1.29 is 4.52 Å². The van der Waals surface area contributed by atoms with Crippen LogP contribution in [0.4, 0.5) is 0 Å². The molecular formula is C12H11N3O2. The van der Waals surface area contributed by atoms with E-state index in [0.29, 0.717) is 17.1 Å². The average molecular weight is 229 g/mol. The van der Waals surface area contributed by atoms with E-state index in [4.69, 9.17) is 4.52 Å². The smallest absolute Gasteiger partial charge is 0.331 e. The first-order valence-corrected chi connectivity index (χ1v) is 5.31. The minimum Gasteiger partial charge on any atom is -0.359 e. The number of aryl methyl sites for hydroxylation is 2. The molecule has 5 heteroatoms. The summed E-state index contributed by atoms with van der Waals surface area (Å²) in [5.74, 6) is 0.634. The van der Waals surface area contributed by atoms with Crippen molar-refractivity contribution in [2.24, 2.45) is 0 Å². The summed E-state index contributed by atoms with van der Waals surface area (Å²) in [7, 11) is 0. The molecule has 17 heavy (non-hydrogen) atoms. The predicted octanol–water partition coefficient (Wildman–Crippen LogP) is 1.92. The molecule has 0 amide bonds. The van der Waals surface area contributed by atoms with Crippen LogP contribution in [0, 0.1) is 13.8 Å². The molecule has 5 nitrogen and oxygen atoms in total. The molecule has 3 rings (SSSR count). The Morgan fingerprint density at radius 2 is 2.06 bits per heavy atom. The van der Waals surface area contributed by atoms with Crippen LogP contribution in [0.3, 0.4) is 0 Å². The van der Waals surface area contributed by atoms with Gasteiger partial charge >= 0.3 is 5.69 Å². The Morgan fingerprint density at radius 3 is 2.76 bits per heavy atom. The first-order valence-electron chi connectivity index (χ1n) is 5.31. The van der Waals surface area contributed by atoms with Crippen LogP contribution >= 0.6 is 0 Å². The van der Waals surface area contributed by atoms with Gasteiger partial charge in [0.2, 0.25) is 0 Å². The second kappa shape index (κ2) is 3.35. The Kier molecular flexibility index (Phi) is 1.95. The Labute approximate surface area is 96.7 Å². The zero-order valence-electron chi connectivity index (χ0n) is 9.52. The molecule has 1 aromatic carbocycles. The minimum atomic E-state index is -0.180. The molecule has 0 spiro atoms. The number of para-hydroxylation sites is 2. The largest absolute Gasteiger partial charge is 0.359 e. The zero-order valence-corrected chi connectivity index (χ0v) is 9.52. The molecule has 0 radical (unpaired) electrons. The van der Waals surface area contributed by atoms with Crippen molar-refractivity contribution in [1.82, 2.24) is 14.7 Å². The monoisotopic (exact) mass is 229 g/mol. The number of H-pyrrole nitrogens is 1. The van der Waals surface area contributed by atoms with Crippen LogP contribution in [0.25, 0.3) is 16.7 Å². The third kappa shape index (κ3) is 1.32. The first kappa shape index (κ1) is 9.89. The summed E-state index contributed by atoms with van der Waals surface area (Å²) in [6.45, 7) is 3.61. The van der Waals surface area contributed by atoms with Gasteiger partial charge < -0.3 is 9.51 Å². The molecule has 0 saturated heterocycles. The van der Waals surface area contributed by atoms with Crippen LogP contribution in [0.15, 0.2) is 33.6 Å². The lowest BCUT2D eigenvalue weighted by molar-refractivity contribution is 0.393. The van der Waals surface area contributed by atoms with Crippen LogP contribution in [0.5, 0.6) is 0 Å². The van der Waals surface area contributed by atoms with E-state index in [0.717, 1.165) is 11.0 Å². The van der Waals surface area contributed by atoms with E-state index in [1.165, 1.54) is 0 Å². The number of nitrogens with zero attached hydrogens (tertiary/aromatic N) is 2. The SMILES string of the molecule is Cc1noc(C)c1-n1c(=O)[nH]c2ccccc21. The zero-order chi connectivity index (χ0) is 12.0. The van der Waals surface area contributed by atoms with E-state index in [-0.39, 0.29) is 5.69 Å². The molecule has 0 bridgehead atoms. The number of aromatic amines is 1. The highest BCUT2D eigenvalue weighted by Crippen LogP contribution is 2.20. The molecule has 0 aliphatic heterocycles. The minimum absolute atomic E-state index is 0.180. The molecule has 0 aliphatic carbocycles. The molecule has 0 fully saturated rings. The van der Waals surface area contributed by atoms with Gasteiger partial charge in [-0.3, -0.25) is 4.57 Å². The molecule has 3 aromatic rings. The maximum absolute atomic E-state index is 12.0. The highest BCUT2D eigenvalue weighted by atomic mass is 16.5. The van der Waals surface area contributed by atoms with Gasteiger partial charge in [0.05, 0.1) is 11.0 Å². The third-order valence-corrected chi connectivity index (χ3v) is 2.81. The molecule has 0 aliphatic rings. The standard InChI is InChI=1S/C12H11N3O2/c1-7-11(8(2)17-14-7)15-10-6-4-3-5-9(10)13-12(15)16/h3-6H,1-2H3,(H,13,16). The molecule has 0 unspecified atom stereocenters. The fraction of sp³-hybridized carbons (Fsp3) is 0.167. The lowest BCUT2D eigenvalue weighted by atomic mass is 10.3. The van der Waals surface area contributed by atoms with Gasteiger partial charge in [-0.1, -0.05) is 17.3 Å². The van der Waals surface area contributed by atoms with Crippen molar-refractivity contribution >= 4 is 11.0 Å². The van der Waals surface area contributed by atoms with Crippen molar-refractivity contribution in [2.45, 2.75) is 13.8 Å². The predicted molar refractivity (Wildman–Crippen MR) is 63.4 cm³/mol. The molecule has 2 heterocycles. The normalized spacial score (nSPS) is 11.2. The summed E-state index contributed by atoms with van der Waals surface area (Å²) in [6.07, 6.45) is 0. The number of fused-ring (bicyclic) bond motifs is 1. The number of benzene rings is 1. The molecule has 0 saturated carbocycles. The van der Waals surface area contributed by atoms with E-state index in [9.17, 15) is 4.79 Å². The molecule has 0 atom stereocenters. The van der Waals surface area contributed by atoms with Crippen LogP contribution in [-0.2, 0) is 0 Å². The van der Waals surface area contributed by atoms with Crippen LogP contribution < -0.4 is 5.69 Å². The summed E-state index contributed by atoms with van der Waals surface area (Å²) in [5, 5.41) is 3.87. The second-order valence-corrected chi connectivity index (χ2v) is 3.96. The number of hydrogen-bond acceptors (Lipinski definition) is 3. The Balaban J connectivity index is 2.46. The number of imidazole rings is 1. The Hall–Kier alpha value is -2.30. The van der Waals surface area contributed by atoms with Crippen LogP contribution in [0.2, 0.25) is 0 Å². The van der Waals surface area contributed by atoms with Gasteiger partial charge in [-0.25, -0.2) is 4.79 Å². The highest BCUT2D eigenvalue weighted by molar-refractivity contribution is 5.77. The quantitative estimate of drug-likeness (QED) is 0.693. The maximum Gasteiger partial charge on any atom is 0.331 e. The van der Waals surface area contributed by atoms with Crippen molar-refractivity contribution in [3.8, 4) is 5.69 Å². The van der Waals surface area contributed by atoms with Gasteiger partial charge in [0, 0.05) is 0 Å². The van der Waals surface area contributed by atoms with Gasteiger partial charge in [0.1, 0.15) is 11.4 Å². The summed E-state index contributed by atoms with van der Waals surface area (Å²) in [6, 6.07) is 7.53. The Bertz CT molecular complexity index is 729. The average Bonchev–Trinajstić information content (AvgIpc) is 2.79. The van der Waals surface area contributed by atoms with E-state index < -0.39 is 0 Å². The van der Waals surface area contributed by atoms with Crippen LogP contribution in [0.1, 0.15) is 11.5 Å². The summed E-state index contributed by atoms with van der Waals surface area (Å²) < 4.78 is 6.69. The van der Waals surface area contributed by atoms with Gasteiger partial charge in [0.15, 0.2) is 5.76 Å². The maximum atomic E-state index is 12.0. The number of hydrogen-bond donors (Lipinski definition) is 1. The van der Waals surface area contributed by atoms with E-state index in [1.807, 2.05) is 31.2 Å². The lowest BCUT2D eigenvalue weighted by Crippen LogP contribution is -2.15. The van der Waals surface area contributed by atoms with Gasteiger partial charge in [0.25, 0.3) is 0 Å². The summed E-state index contributed by atoms with van der Waals surface area (Å²) in [5.41, 5.74) is 2.87. The molecule has 1 N–H and O–H groups in total. The second-order valence-electron chi connectivity index (χ2n) is 3.96. The van der Waals surface area contributed by atoms with Crippen molar-refractivity contribution in [1.29, 1.82) is 0 Å². The molecule has 86 valence electrons. The lowest BCUT2D eigenvalue weighted by Gasteiger charge is -2.01. The van der Waals surface area contributed by atoms with Crippen LogP contribution in [-0.4, -0.2) is 14.7 Å².